The first-order chi connectivity index (χ1) is 15.1. The third kappa shape index (κ3) is 4.27. The molecular formula is C25H26N2O4. The molecule has 1 aromatic heterocycles. The van der Waals surface area contributed by atoms with Gasteiger partial charge in [0, 0.05) is 11.8 Å². The second-order valence-corrected chi connectivity index (χ2v) is 8.54. The average Bonchev–Trinajstić information content (AvgIpc) is 3.40. The van der Waals surface area contributed by atoms with Crippen LogP contribution in [0, 0.1) is 5.92 Å². The zero-order valence-corrected chi connectivity index (χ0v) is 17.3. The number of nitrogens with one attached hydrogen (secondary N) is 1. The number of carboxylic acids is 1. The highest BCUT2D eigenvalue weighted by Gasteiger charge is 2.55. The second kappa shape index (κ2) is 8.29. The van der Waals surface area contributed by atoms with Crippen LogP contribution < -0.4 is 10.2 Å². The van der Waals surface area contributed by atoms with Crippen molar-refractivity contribution in [2.45, 2.75) is 50.4 Å². The van der Waals surface area contributed by atoms with Gasteiger partial charge in [0.2, 0.25) is 0 Å². The monoisotopic (exact) mass is 418 g/mol. The van der Waals surface area contributed by atoms with Crippen molar-refractivity contribution < 1.29 is 19.5 Å². The molecule has 31 heavy (non-hydrogen) atoms. The largest absolute Gasteiger partial charge is 0.487 e. The fourth-order valence-electron chi connectivity index (χ4n) is 4.70. The SMILES string of the molecule is O=C(O)C1(CC(c2ccc(OCc3ccc4ccccc4n3)cc2)C2CCCC2)NO1. The minimum atomic E-state index is -1.23. The van der Waals surface area contributed by atoms with E-state index in [-0.39, 0.29) is 5.92 Å². The first-order valence-electron chi connectivity index (χ1n) is 10.9. The zero-order valence-electron chi connectivity index (χ0n) is 17.3. The molecule has 0 amide bonds. The predicted molar refractivity (Wildman–Crippen MR) is 116 cm³/mol. The van der Waals surface area contributed by atoms with Gasteiger partial charge in [-0.15, -0.1) is 0 Å². The van der Waals surface area contributed by atoms with Crippen molar-refractivity contribution in [1.82, 2.24) is 10.5 Å². The third-order valence-corrected chi connectivity index (χ3v) is 6.52. The minimum Gasteiger partial charge on any atom is -0.487 e. The van der Waals surface area contributed by atoms with Crippen LogP contribution in [0.25, 0.3) is 10.9 Å². The fourth-order valence-corrected chi connectivity index (χ4v) is 4.70. The molecule has 2 N–H and O–H groups in total. The van der Waals surface area contributed by atoms with Gasteiger partial charge in [0.1, 0.15) is 12.4 Å². The zero-order chi connectivity index (χ0) is 21.3. The molecule has 2 aromatic carbocycles. The highest BCUT2D eigenvalue weighted by atomic mass is 16.8. The molecule has 2 atom stereocenters. The lowest BCUT2D eigenvalue weighted by atomic mass is 9.80. The van der Waals surface area contributed by atoms with Crippen LogP contribution in [0.5, 0.6) is 5.75 Å². The Balaban J connectivity index is 1.28. The molecule has 3 aromatic rings. The molecule has 0 radical (unpaired) electrons. The molecule has 1 aliphatic heterocycles. The van der Waals surface area contributed by atoms with Crippen molar-refractivity contribution in [3.8, 4) is 5.75 Å². The van der Waals surface area contributed by atoms with Gasteiger partial charge in [0.25, 0.3) is 5.72 Å². The van der Waals surface area contributed by atoms with Gasteiger partial charge in [0.05, 0.1) is 11.2 Å². The van der Waals surface area contributed by atoms with Crippen LogP contribution in [0.4, 0.5) is 0 Å². The minimum absolute atomic E-state index is 0.143. The summed E-state index contributed by atoms with van der Waals surface area (Å²) in [6.07, 6.45) is 5.11. The predicted octanol–water partition coefficient (Wildman–Crippen LogP) is 4.79. The van der Waals surface area contributed by atoms with Crippen LogP contribution in [0.3, 0.4) is 0 Å². The number of fused-ring (bicyclic) bond motifs is 1. The summed E-state index contributed by atoms with van der Waals surface area (Å²) in [6, 6.07) is 20.1. The van der Waals surface area contributed by atoms with Crippen molar-refractivity contribution >= 4 is 16.9 Å². The van der Waals surface area contributed by atoms with Crippen molar-refractivity contribution in [3.05, 3.63) is 71.9 Å². The molecule has 6 nitrogen and oxygen atoms in total. The summed E-state index contributed by atoms with van der Waals surface area (Å²) >= 11 is 0. The van der Waals surface area contributed by atoms with Gasteiger partial charge >= 0.3 is 5.97 Å². The number of hydroxylamine groups is 1. The summed E-state index contributed by atoms with van der Waals surface area (Å²) in [7, 11) is 0. The lowest BCUT2D eigenvalue weighted by Gasteiger charge is -2.25. The van der Waals surface area contributed by atoms with E-state index in [0.29, 0.717) is 18.9 Å². The number of carbonyl (C=O) groups is 1. The number of ether oxygens (including phenoxy) is 1. The summed E-state index contributed by atoms with van der Waals surface area (Å²) in [5, 5.41) is 10.6. The first kappa shape index (κ1) is 20.0. The van der Waals surface area contributed by atoms with E-state index in [4.69, 9.17) is 9.57 Å². The van der Waals surface area contributed by atoms with Crippen LogP contribution in [0.1, 0.15) is 49.3 Å². The van der Waals surface area contributed by atoms with Crippen molar-refractivity contribution in [3.63, 3.8) is 0 Å². The van der Waals surface area contributed by atoms with Crippen molar-refractivity contribution in [2.24, 2.45) is 5.92 Å². The summed E-state index contributed by atoms with van der Waals surface area (Å²) in [5.41, 5.74) is 4.35. The van der Waals surface area contributed by atoms with E-state index in [1.807, 2.05) is 42.5 Å². The lowest BCUT2D eigenvalue weighted by molar-refractivity contribution is -0.143. The number of nitrogens with zero attached hydrogens (tertiary/aromatic N) is 1. The second-order valence-electron chi connectivity index (χ2n) is 8.54. The highest BCUT2D eigenvalue weighted by Crippen LogP contribution is 2.44. The van der Waals surface area contributed by atoms with Crippen LogP contribution in [0.15, 0.2) is 60.7 Å². The number of para-hydroxylation sites is 1. The maximum atomic E-state index is 11.6. The molecule has 2 fully saturated rings. The summed E-state index contributed by atoms with van der Waals surface area (Å²) in [4.78, 5) is 21.4. The standard InChI is InChI=1S/C25H26N2O4/c28-24(29)25(27-31-25)15-22(17-5-1-2-6-17)18-10-13-21(14-11-18)30-16-20-12-9-19-7-3-4-8-23(19)26-20/h3-4,7-14,17,22,27H,1-2,5-6,15-16H2,(H,28,29). The number of pyridine rings is 1. The molecule has 2 unspecified atom stereocenters. The van der Waals surface area contributed by atoms with Gasteiger partial charge in [-0.25, -0.2) is 9.78 Å². The molecule has 160 valence electrons. The van der Waals surface area contributed by atoms with E-state index in [2.05, 4.69) is 28.7 Å². The molecule has 6 heteroatoms. The number of rotatable bonds is 8. The molecule has 5 rings (SSSR count). The Morgan fingerprint density at radius 1 is 1.13 bits per heavy atom. The Kier molecular flexibility index (Phi) is 5.34. The van der Waals surface area contributed by atoms with Crippen molar-refractivity contribution in [1.29, 1.82) is 0 Å². The Morgan fingerprint density at radius 3 is 2.58 bits per heavy atom. The number of hydrogen-bond acceptors (Lipinski definition) is 5. The summed E-state index contributed by atoms with van der Waals surface area (Å²) in [6.45, 7) is 0.399. The Morgan fingerprint density at radius 2 is 1.87 bits per heavy atom. The van der Waals surface area contributed by atoms with Crippen molar-refractivity contribution in [2.75, 3.05) is 0 Å². The molecule has 0 spiro atoms. The first-order valence-corrected chi connectivity index (χ1v) is 10.9. The third-order valence-electron chi connectivity index (χ3n) is 6.52. The van der Waals surface area contributed by atoms with Gasteiger partial charge in [-0.2, -0.15) is 5.48 Å². The van der Waals surface area contributed by atoms with E-state index in [9.17, 15) is 9.90 Å². The lowest BCUT2D eigenvalue weighted by Crippen LogP contribution is -2.31. The van der Waals surface area contributed by atoms with Gasteiger partial charge < -0.3 is 9.84 Å². The Hall–Kier alpha value is -2.96. The van der Waals surface area contributed by atoms with E-state index in [0.717, 1.165) is 40.8 Å². The molecule has 2 heterocycles. The normalized spacial score (nSPS) is 21.8. The number of aromatic nitrogens is 1. The van der Waals surface area contributed by atoms with E-state index < -0.39 is 11.7 Å². The molecule has 1 aliphatic carbocycles. The maximum Gasteiger partial charge on any atom is 0.355 e. The van der Waals surface area contributed by atoms with Gasteiger partial charge in [-0.3, -0.25) is 4.84 Å². The van der Waals surface area contributed by atoms with Gasteiger partial charge in [-0.05, 0) is 54.5 Å². The van der Waals surface area contributed by atoms with E-state index >= 15 is 0 Å². The molecule has 1 saturated carbocycles. The van der Waals surface area contributed by atoms with Crippen LogP contribution in [-0.2, 0) is 16.2 Å². The number of aliphatic carboxylic acids is 1. The van der Waals surface area contributed by atoms with Crippen LogP contribution >= 0.6 is 0 Å². The number of hydrogen-bond donors (Lipinski definition) is 2. The van der Waals surface area contributed by atoms with E-state index in [1.165, 1.54) is 12.8 Å². The topological polar surface area (TPSA) is 93.9 Å². The molecule has 1 saturated heterocycles. The fraction of sp³-hybridized carbons (Fsp3) is 0.360. The number of benzene rings is 2. The molecule has 2 aliphatic rings. The maximum absolute atomic E-state index is 11.6. The van der Waals surface area contributed by atoms with Crippen LogP contribution in [-0.4, -0.2) is 21.8 Å². The molecular weight excluding hydrogens is 392 g/mol. The Bertz CT molecular complexity index is 1070. The van der Waals surface area contributed by atoms with Gasteiger partial charge in [-0.1, -0.05) is 49.2 Å². The van der Waals surface area contributed by atoms with E-state index in [1.54, 1.807) is 0 Å². The quantitative estimate of drug-likeness (QED) is 0.511. The Labute approximate surface area is 181 Å². The number of carboxylic acid groups (broad SMARTS) is 1. The molecule has 0 bridgehead atoms. The summed E-state index contributed by atoms with van der Waals surface area (Å²) in [5.74, 6) is 0.455. The average molecular weight is 418 g/mol. The smallest absolute Gasteiger partial charge is 0.355 e. The van der Waals surface area contributed by atoms with Gasteiger partial charge in [0.15, 0.2) is 0 Å². The highest BCUT2D eigenvalue weighted by molar-refractivity contribution is 5.79. The summed E-state index contributed by atoms with van der Waals surface area (Å²) < 4.78 is 5.96. The van der Waals surface area contributed by atoms with Crippen LogP contribution in [0.2, 0.25) is 0 Å².